The highest BCUT2D eigenvalue weighted by Gasteiger charge is 2.40. The van der Waals surface area contributed by atoms with Crippen LogP contribution in [0.5, 0.6) is 0 Å². The molecule has 6 rings (SSSR count). The highest BCUT2D eigenvalue weighted by Crippen LogP contribution is 2.48. The minimum atomic E-state index is -0.294. The molecular weight excluding hydrogens is 597 g/mol. The van der Waals surface area contributed by atoms with E-state index in [2.05, 4.69) is 95.1 Å². The third kappa shape index (κ3) is 5.42. The molecule has 0 aliphatic carbocycles. The molecule has 6 nitrogen and oxygen atoms in total. The predicted molar refractivity (Wildman–Crippen MR) is 193 cm³/mol. The first-order valence-electron chi connectivity index (χ1n) is 15.6. The molecule has 0 radical (unpaired) electrons. The zero-order valence-corrected chi connectivity index (χ0v) is 28.7. The molecule has 3 aliphatic rings. The Morgan fingerprint density at radius 2 is 1.73 bits per heavy atom. The largest absolute Gasteiger partial charge is 0.344 e. The summed E-state index contributed by atoms with van der Waals surface area (Å²) in [6.45, 7) is 16.1. The van der Waals surface area contributed by atoms with Crippen molar-refractivity contribution in [2.75, 3.05) is 23.3 Å². The summed E-state index contributed by atoms with van der Waals surface area (Å²) in [5.74, 6) is 0.0336. The van der Waals surface area contributed by atoms with Crippen LogP contribution in [-0.2, 0) is 20.4 Å². The van der Waals surface area contributed by atoms with Crippen molar-refractivity contribution in [2.45, 2.75) is 65.7 Å². The molecule has 3 aliphatic heterocycles. The Morgan fingerprint density at radius 3 is 2.49 bits per heavy atom. The average molecular weight is 637 g/mol. The summed E-state index contributed by atoms with van der Waals surface area (Å²) < 4.78 is 0.385. The number of carbonyl (C=O) groups excluding carboxylic acids is 2. The molecule has 0 atom stereocenters. The number of anilines is 2. The van der Waals surface area contributed by atoms with Crippen LogP contribution < -0.4 is 10.2 Å². The van der Waals surface area contributed by atoms with E-state index in [-0.39, 0.29) is 29.2 Å². The minimum Gasteiger partial charge on any atom is -0.344 e. The molecule has 1 saturated heterocycles. The molecule has 2 amide bonds. The number of amides is 2. The monoisotopic (exact) mass is 636 g/mol. The Balaban J connectivity index is 1.21. The summed E-state index contributed by atoms with van der Waals surface area (Å²) in [4.78, 5) is 36.0. The Morgan fingerprint density at radius 1 is 0.978 bits per heavy atom. The Labute approximate surface area is 275 Å². The smallest absolute Gasteiger partial charge is 0.266 e. The van der Waals surface area contributed by atoms with Gasteiger partial charge in [-0.05, 0) is 66.1 Å². The molecule has 0 unspecified atom stereocenters. The molecular formula is C37H40N4O2S2. The van der Waals surface area contributed by atoms with Gasteiger partial charge < -0.3 is 10.2 Å². The normalized spacial score (nSPS) is 20.0. The summed E-state index contributed by atoms with van der Waals surface area (Å²) in [6.07, 6.45) is 5.00. The molecule has 1 fully saturated rings. The second-order valence-corrected chi connectivity index (χ2v) is 15.2. The fourth-order valence-electron chi connectivity index (χ4n) is 6.61. The van der Waals surface area contributed by atoms with E-state index in [9.17, 15) is 9.59 Å². The number of hydrogen-bond donors (Lipinski definition) is 1. The first-order valence-corrected chi connectivity index (χ1v) is 16.8. The van der Waals surface area contributed by atoms with Gasteiger partial charge in [-0.15, -0.1) is 0 Å². The zero-order chi connectivity index (χ0) is 32.3. The number of nitrogens with one attached hydrogen (secondary N) is 1. The summed E-state index contributed by atoms with van der Waals surface area (Å²) >= 11 is 6.84. The number of allylic oxidation sites excluding steroid dienone is 3. The predicted octanol–water partition coefficient (Wildman–Crippen LogP) is 8.63. The molecule has 45 heavy (non-hydrogen) atoms. The van der Waals surface area contributed by atoms with Crippen molar-refractivity contribution in [3.8, 4) is 0 Å². The van der Waals surface area contributed by atoms with Crippen LogP contribution in [0.15, 0.2) is 82.3 Å². The third-order valence-corrected chi connectivity index (χ3v) is 10.8. The van der Waals surface area contributed by atoms with Crippen molar-refractivity contribution in [1.29, 1.82) is 0 Å². The second kappa shape index (κ2) is 11.6. The van der Waals surface area contributed by atoms with Gasteiger partial charge >= 0.3 is 0 Å². The van der Waals surface area contributed by atoms with E-state index in [0.717, 1.165) is 40.8 Å². The Hall–Kier alpha value is -3.75. The van der Waals surface area contributed by atoms with Gasteiger partial charge in [0.1, 0.15) is 10.9 Å². The van der Waals surface area contributed by atoms with E-state index in [1.54, 1.807) is 0 Å². The maximum atomic E-state index is 13.5. The van der Waals surface area contributed by atoms with Gasteiger partial charge in [0.2, 0.25) is 5.91 Å². The van der Waals surface area contributed by atoms with Gasteiger partial charge in [0.25, 0.3) is 5.91 Å². The van der Waals surface area contributed by atoms with E-state index in [1.807, 2.05) is 30.3 Å². The van der Waals surface area contributed by atoms with Crippen molar-refractivity contribution in [3.63, 3.8) is 0 Å². The number of fused-ring (bicyclic) bond motifs is 4. The second-order valence-electron chi connectivity index (χ2n) is 13.5. The van der Waals surface area contributed by atoms with Crippen molar-refractivity contribution in [2.24, 2.45) is 10.9 Å². The van der Waals surface area contributed by atoms with Crippen molar-refractivity contribution < 1.29 is 9.59 Å². The van der Waals surface area contributed by atoms with Gasteiger partial charge in [-0.1, -0.05) is 102 Å². The van der Waals surface area contributed by atoms with Crippen LogP contribution in [0, 0.1) is 5.92 Å². The SMILES string of the molecule is CC1=Nc2ccc3c(NC(=O)CN4C(=O)C(=CC=C5N(CCC(C)C)c6ccccc6C5(C)C)SC4=S)cccc3c2C1(C)C. The van der Waals surface area contributed by atoms with Crippen LogP contribution in [0.25, 0.3) is 10.8 Å². The number of nitrogens with zero attached hydrogens (tertiary/aromatic N) is 3. The van der Waals surface area contributed by atoms with Gasteiger partial charge in [-0.3, -0.25) is 19.5 Å². The van der Waals surface area contributed by atoms with E-state index in [4.69, 9.17) is 17.2 Å². The maximum absolute atomic E-state index is 13.5. The Bertz CT molecular complexity index is 1850. The van der Waals surface area contributed by atoms with E-state index in [1.165, 1.54) is 33.5 Å². The fourth-order valence-corrected chi connectivity index (χ4v) is 7.81. The summed E-state index contributed by atoms with van der Waals surface area (Å²) in [5.41, 5.74) is 7.16. The van der Waals surface area contributed by atoms with Crippen LogP contribution in [0.3, 0.4) is 0 Å². The first-order chi connectivity index (χ1) is 21.3. The van der Waals surface area contributed by atoms with Gasteiger partial charge in [0.15, 0.2) is 0 Å². The van der Waals surface area contributed by atoms with Crippen LogP contribution in [0.1, 0.15) is 66.0 Å². The number of hydrogen-bond acceptors (Lipinski definition) is 6. The first kappa shape index (κ1) is 31.2. The van der Waals surface area contributed by atoms with Crippen molar-refractivity contribution >= 4 is 73.7 Å². The highest BCUT2D eigenvalue weighted by atomic mass is 32.2. The molecule has 0 saturated carbocycles. The van der Waals surface area contributed by atoms with Gasteiger partial charge in [-0.25, -0.2) is 0 Å². The fraction of sp³-hybridized carbons (Fsp3) is 0.351. The molecule has 3 heterocycles. The van der Waals surface area contributed by atoms with Gasteiger partial charge in [0, 0.05) is 45.5 Å². The van der Waals surface area contributed by atoms with Crippen LogP contribution in [0.2, 0.25) is 0 Å². The van der Waals surface area contributed by atoms with Crippen molar-refractivity contribution in [1.82, 2.24) is 4.90 Å². The van der Waals surface area contributed by atoms with Gasteiger partial charge in [0.05, 0.1) is 10.6 Å². The topological polar surface area (TPSA) is 65.0 Å². The van der Waals surface area contributed by atoms with E-state index >= 15 is 0 Å². The van der Waals surface area contributed by atoms with E-state index in [0.29, 0.717) is 20.8 Å². The zero-order valence-electron chi connectivity index (χ0n) is 27.0. The standard InChI is InChI=1S/C37H40N4O2S2/c1-22(2)19-20-40-29-14-9-8-12-26(29)37(6,7)31(40)18-17-30-34(43)41(35(44)45-30)21-32(42)39-27-13-10-11-25-24(27)15-16-28-33(25)36(4,5)23(3)38-28/h8-18,22H,19-21H2,1-7H3,(H,39,42). The highest BCUT2D eigenvalue weighted by molar-refractivity contribution is 8.26. The number of thioether (sulfide) groups is 1. The number of benzene rings is 3. The average Bonchev–Trinajstić information content (AvgIpc) is 3.48. The maximum Gasteiger partial charge on any atom is 0.266 e. The molecule has 3 aromatic carbocycles. The quantitative estimate of drug-likeness (QED) is 0.208. The van der Waals surface area contributed by atoms with E-state index < -0.39 is 0 Å². The number of aliphatic imine (C=N–C) groups is 1. The lowest BCUT2D eigenvalue weighted by Crippen LogP contribution is -2.36. The van der Waals surface area contributed by atoms with Crippen molar-refractivity contribution in [3.05, 3.63) is 88.5 Å². The molecule has 8 heteroatoms. The molecule has 0 spiro atoms. The summed E-state index contributed by atoms with van der Waals surface area (Å²) in [5, 5.41) is 5.06. The van der Waals surface area contributed by atoms with Crippen LogP contribution >= 0.6 is 24.0 Å². The lowest BCUT2D eigenvalue weighted by atomic mass is 9.79. The van der Waals surface area contributed by atoms with Crippen LogP contribution in [-0.4, -0.2) is 39.8 Å². The van der Waals surface area contributed by atoms with Crippen LogP contribution in [0.4, 0.5) is 17.1 Å². The number of carbonyl (C=O) groups is 2. The molecule has 0 aromatic heterocycles. The molecule has 3 aromatic rings. The number of thiocarbonyl (C=S) groups is 1. The minimum absolute atomic E-state index is 0.148. The number of para-hydroxylation sites is 1. The summed E-state index contributed by atoms with van der Waals surface area (Å²) in [7, 11) is 0. The lowest BCUT2D eigenvalue weighted by molar-refractivity contribution is -0.126. The summed E-state index contributed by atoms with van der Waals surface area (Å²) in [6, 6.07) is 18.5. The third-order valence-electron chi connectivity index (χ3n) is 9.43. The Kier molecular flexibility index (Phi) is 8.02. The molecule has 0 bridgehead atoms. The number of rotatable bonds is 7. The molecule has 1 N–H and O–H groups in total. The lowest BCUT2D eigenvalue weighted by Gasteiger charge is -2.27. The van der Waals surface area contributed by atoms with Gasteiger partial charge in [-0.2, -0.15) is 0 Å². The molecule has 232 valence electrons.